The molecule has 0 aliphatic carbocycles. The summed E-state index contributed by atoms with van der Waals surface area (Å²) in [5, 5.41) is 6.93. The number of hydrogen-bond acceptors (Lipinski definition) is 2. The second-order valence-corrected chi connectivity index (χ2v) is 5.60. The molecule has 110 valence electrons. The summed E-state index contributed by atoms with van der Waals surface area (Å²) in [6.45, 7) is 4.99. The molecule has 0 bridgehead atoms. The van der Waals surface area contributed by atoms with Gasteiger partial charge in [0.15, 0.2) is 5.11 Å². The molecule has 0 amide bonds. The Kier molecular flexibility index (Phi) is 5.69. The SMILES string of the molecule is Cc1ccc(CCCNC(=S)Nc2cc(C)ccn2)cc1. The van der Waals surface area contributed by atoms with E-state index in [0.717, 1.165) is 30.8 Å². The second-order valence-electron chi connectivity index (χ2n) is 5.19. The van der Waals surface area contributed by atoms with Crippen LogP contribution in [-0.4, -0.2) is 16.6 Å². The predicted octanol–water partition coefficient (Wildman–Crippen LogP) is 3.62. The van der Waals surface area contributed by atoms with Crippen molar-refractivity contribution >= 4 is 23.1 Å². The van der Waals surface area contributed by atoms with Crippen LogP contribution in [0.15, 0.2) is 42.6 Å². The highest BCUT2D eigenvalue weighted by Gasteiger charge is 1.99. The zero-order valence-electron chi connectivity index (χ0n) is 12.5. The number of pyridine rings is 1. The molecule has 21 heavy (non-hydrogen) atoms. The van der Waals surface area contributed by atoms with Gasteiger partial charge < -0.3 is 10.6 Å². The van der Waals surface area contributed by atoms with Crippen LogP contribution in [0.5, 0.6) is 0 Å². The van der Waals surface area contributed by atoms with Crippen LogP contribution in [0.3, 0.4) is 0 Å². The Hall–Kier alpha value is -1.94. The molecule has 0 saturated heterocycles. The summed E-state index contributed by atoms with van der Waals surface area (Å²) in [7, 11) is 0. The summed E-state index contributed by atoms with van der Waals surface area (Å²) in [6, 6.07) is 12.6. The first-order valence-corrected chi connectivity index (χ1v) is 7.57. The number of nitrogens with zero attached hydrogens (tertiary/aromatic N) is 1. The van der Waals surface area contributed by atoms with Crippen molar-refractivity contribution in [1.29, 1.82) is 0 Å². The Labute approximate surface area is 131 Å². The van der Waals surface area contributed by atoms with Gasteiger partial charge in [0, 0.05) is 12.7 Å². The van der Waals surface area contributed by atoms with E-state index in [1.54, 1.807) is 6.20 Å². The maximum Gasteiger partial charge on any atom is 0.171 e. The fourth-order valence-corrected chi connectivity index (χ4v) is 2.22. The van der Waals surface area contributed by atoms with Crippen molar-refractivity contribution in [2.45, 2.75) is 26.7 Å². The van der Waals surface area contributed by atoms with E-state index in [1.807, 2.05) is 19.1 Å². The highest BCUT2D eigenvalue weighted by Crippen LogP contribution is 2.06. The number of aryl methyl sites for hydroxylation is 3. The Balaban J connectivity index is 1.68. The number of anilines is 1. The van der Waals surface area contributed by atoms with Crippen LogP contribution in [-0.2, 0) is 6.42 Å². The van der Waals surface area contributed by atoms with Gasteiger partial charge in [0.2, 0.25) is 0 Å². The van der Waals surface area contributed by atoms with Crippen molar-refractivity contribution in [1.82, 2.24) is 10.3 Å². The van der Waals surface area contributed by atoms with Gasteiger partial charge >= 0.3 is 0 Å². The molecule has 0 atom stereocenters. The molecular weight excluding hydrogens is 278 g/mol. The van der Waals surface area contributed by atoms with E-state index in [1.165, 1.54) is 11.1 Å². The Morgan fingerprint density at radius 1 is 1.10 bits per heavy atom. The molecule has 1 aromatic heterocycles. The fourth-order valence-electron chi connectivity index (χ4n) is 2.01. The van der Waals surface area contributed by atoms with Gasteiger partial charge in [0.25, 0.3) is 0 Å². The van der Waals surface area contributed by atoms with E-state index in [-0.39, 0.29) is 0 Å². The van der Waals surface area contributed by atoms with Gasteiger partial charge in [-0.15, -0.1) is 0 Å². The minimum Gasteiger partial charge on any atom is -0.362 e. The molecule has 4 heteroatoms. The highest BCUT2D eigenvalue weighted by atomic mass is 32.1. The molecular formula is C17H21N3S. The van der Waals surface area contributed by atoms with E-state index in [2.05, 4.69) is 46.8 Å². The van der Waals surface area contributed by atoms with Crippen LogP contribution in [0, 0.1) is 13.8 Å². The molecule has 0 fully saturated rings. The average molecular weight is 299 g/mol. The quantitative estimate of drug-likeness (QED) is 0.653. The van der Waals surface area contributed by atoms with E-state index in [0.29, 0.717) is 5.11 Å². The zero-order chi connectivity index (χ0) is 15.1. The first-order chi connectivity index (χ1) is 10.1. The molecule has 0 saturated carbocycles. The number of aromatic nitrogens is 1. The van der Waals surface area contributed by atoms with Crippen molar-refractivity contribution in [3.63, 3.8) is 0 Å². The van der Waals surface area contributed by atoms with Crippen LogP contribution in [0.2, 0.25) is 0 Å². The summed E-state index contributed by atoms with van der Waals surface area (Å²) in [4.78, 5) is 4.22. The lowest BCUT2D eigenvalue weighted by atomic mass is 10.1. The number of nitrogens with one attached hydrogen (secondary N) is 2. The number of benzene rings is 1. The minimum atomic E-state index is 0.622. The van der Waals surface area contributed by atoms with E-state index in [9.17, 15) is 0 Å². The lowest BCUT2D eigenvalue weighted by Gasteiger charge is -2.10. The maximum atomic E-state index is 5.26. The van der Waals surface area contributed by atoms with E-state index >= 15 is 0 Å². The number of hydrogen-bond donors (Lipinski definition) is 2. The van der Waals surface area contributed by atoms with Crippen LogP contribution in [0.25, 0.3) is 0 Å². The van der Waals surface area contributed by atoms with Gasteiger partial charge in [-0.25, -0.2) is 4.98 Å². The third kappa shape index (κ3) is 5.52. The lowest BCUT2D eigenvalue weighted by Crippen LogP contribution is -2.29. The minimum absolute atomic E-state index is 0.622. The first-order valence-electron chi connectivity index (χ1n) is 7.16. The fraction of sp³-hybridized carbons (Fsp3) is 0.294. The van der Waals surface area contributed by atoms with Gasteiger partial charge in [-0.05, 0) is 62.2 Å². The zero-order valence-corrected chi connectivity index (χ0v) is 13.3. The summed E-state index contributed by atoms with van der Waals surface area (Å²) in [5.41, 5.74) is 3.82. The summed E-state index contributed by atoms with van der Waals surface area (Å²) in [5.74, 6) is 0.783. The first kappa shape index (κ1) is 15.4. The summed E-state index contributed by atoms with van der Waals surface area (Å²) in [6.07, 6.45) is 3.88. The van der Waals surface area contributed by atoms with Crippen LogP contribution in [0.1, 0.15) is 23.1 Å². The van der Waals surface area contributed by atoms with Gasteiger partial charge in [-0.1, -0.05) is 29.8 Å². The highest BCUT2D eigenvalue weighted by molar-refractivity contribution is 7.80. The third-order valence-electron chi connectivity index (χ3n) is 3.21. The van der Waals surface area contributed by atoms with Gasteiger partial charge in [0.05, 0.1) is 0 Å². The average Bonchev–Trinajstić information content (AvgIpc) is 2.45. The molecule has 1 aromatic carbocycles. The van der Waals surface area contributed by atoms with Gasteiger partial charge in [0.1, 0.15) is 5.82 Å². The molecule has 1 heterocycles. The molecule has 2 rings (SSSR count). The van der Waals surface area contributed by atoms with Crippen molar-refractivity contribution in [3.8, 4) is 0 Å². The number of rotatable bonds is 5. The molecule has 2 aromatic rings. The molecule has 0 aliphatic heterocycles. The molecule has 0 aliphatic rings. The Bertz CT molecular complexity index is 593. The third-order valence-corrected chi connectivity index (χ3v) is 3.45. The van der Waals surface area contributed by atoms with E-state index in [4.69, 9.17) is 12.2 Å². The summed E-state index contributed by atoms with van der Waals surface area (Å²) >= 11 is 5.26. The van der Waals surface area contributed by atoms with Gasteiger partial charge in [-0.2, -0.15) is 0 Å². The van der Waals surface area contributed by atoms with Crippen LogP contribution in [0.4, 0.5) is 5.82 Å². The van der Waals surface area contributed by atoms with Crippen LogP contribution < -0.4 is 10.6 Å². The number of thiocarbonyl (C=S) groups is 1. The molecule has 0 spiro atoms. The molecule has 3 nitrogen and oxygen atoms in total. The van der Waals surface area contributed by atoms with Crippen LogP contribution >= 0.6 is 12.2 Å². The smallest absolute Gasteiger partial charge is 0.171 e. The van der Waals surface area contributed by atoms with Crippen molar-refractivity contribution < 1.29 is 0 Å². The summed E-state index contributed by atoms with van der Waals surface area (Å²) < 4.78 is 0. The lowest BCUT2D eigenvalue weighted by molar-refractivity contribution is 0.777. The van der Waals surface area contributed by atoms with Crippen molar-refractivity contribution in [2.24, 2.45) is 0 Å². The monoisotopic (exact) mass is 299 g/mol. The van der Waals surface area contributed by atoms with Crippen molar-refractivity contribution in [3.05, 3.63) is 59.3 Å². The Morgan fingerprint density at radius 2 is 1.86 bits per heavy atom. The predicted molar refractivity (Wildman–Crippen MR) is 92.7 cm³/mol. The standard InChI is InChI=1S/C17H21N3S/c1-13-5-7-15(8-6-13)4-3-10-19-17(21)20-16-12-14(2)9-11-18-16/h5-9,11-12H,3-4,10H2,1-2H3,(H2,18,19,20,21). The second kappa shape index (κ2) is 7.74. The van der Waals surface area contributed by atoms with E-state index < -0.39 is 0 Å². The topological polar surface area (TPSA) is 37.0 Å². The Morgan fingerprint density at radius 3 is 2.57 bits per heavy atom. The molecule has 0 unspecified atom stereocenters. The largest absolute Gasteiger partial charge is 0.362 e. The normalized spacial score (nSPS) is 10.2. The van der Waals surface area contributed by atoms with Crippen molar-refractivity contribution in [2.75, 3.05) is 11.9 Å². The molecule has 0 radical (unpaired) electrons. The molecule has 2 N–H and O–H groups in total. The maximum absolute atomic E-state index is 5.26. The van der Waals surface area contributed by atoms with Gasteiger partial charge in [-0.3, -0.25) is 0 Å².